The zero-order valence-electron chi connectivity index (χ0n) is 13.2. The summed E-state index contributed by atoms with van der Waals surface area (Å²) in [5.41, 5.74) is 16.0. The van der Waals surface area contributed by atoms with E-state index in [4.69, 9.17) is 11.5 Å². The van der Waals surface area contributed by atoms with Crippen molar-refractivity contribution in [1.29, 1.82) is 0 Å². The van der Waals surface area contributed by atoms with Crippen LogP contribution in [0.5, 0.6) is 0 Å². The number of hydrogen-bond acceptors (Lipinski definition) is 2. The van der Waals surface area contributed by atoms with Gasteiger partial charge in [0, 0.05) is 23.5 Å². The average Bonchev–Trinajstić information content (AvgIpc) is 2.87. The van der Waals surface area contributed by atoms with Crippen LogP contribution in [0, 0.1) is 0 Å². The van der Waals surface area contributed by atoms with Crippen molar-refractivity contribution >= 4 is 22.6 Å². The molecular weight excluding hydrogens is 286 g/mol. The highest BCUT2D eigenvalue weighted by molar-refractivity contribution is 6.15. The third-order valence-corrected chi connectivity index (χ3v) is 3.83. The van der Waals surface area contributed by atoms with Crippen LogP contribution in [0.15, 0.2) is 64.8 Å². The normalized spacial score (nSPS) is 11.7. The Hall–Kier alpha value is -3.08. The fourth-order valence-electron chi connectivity index (χ4n) is 2.88. The van der Waals surface area contributed by atoms with E-state index >= 15 is 0 Å². The van der Waals surface area contributed by atoms with E-state index in [-0.39, 0.29) is 5.96 Å². The van der Waals surface area contributed by atoms with Crippen LogP contribution in [0.25, 0.3) is 22.2 Å². The molecule has 0 atom stereocenters. The molecule has 0 saturated carbocycles. The van der Waals surface area contributed by atoms with E-state index in [2.05, 4.69) is 46.1 Å². The number of nitrogens with two attached hydrogens (primary N) is 2. The van der Waals surface area contributed by atoms with Crippen molar-refractivity contribution in [3.05, 3.63) is 60.2 Å². The minimum absolute atomic E-state index is 0.0501. The minimum atomic E-state index is -0.0501. The Kier molecular flexibility index (Phi) is 3.85. The molecule has 5 nitrogen and oxygen atoms in total. The summed E-state index contributed by atoms with van der Waals surface area (Å²) in [7, 11) is 2.06. The van der Waals surface area contributed by atoms with Gasteiger partial charge in [0.15, 0.2) is 0 Å². The Labute approximate surface area is 134 Å². The van der Waals surface area contributed by atoms with Gasteiger partial charge in [0.25, 0.3) is 0 Å². The second kappa shape index (κ2) is 5.96. The molecule has 0 amide bonds. The maximum absolute atomic E-state index is 5.40. The maximum Gasteiger partial charge on any atom is 0.211 e. The van der Waals surface area contributed by atoms with Gasteiger partial charge in [0.2, 0.25) is 5.96 Å². The van der Waals surface area contributed by atoms with Crippen molar-refractivity contribution in [2.45, 2.75) is 6.92 Å². The van der Waals surface area contributed by atoms with Gasteiger partial charge in [-0.2, -0.15) is 5.10 Å². The lowest BCUT2D eigenvalue weighted by atomic mass is 10.0. The summed E-state index contributed by atoms with van der Waals surface area (Å²) in [5.74, 6) is -0.0501. The van der Waals surface area contributed by atoms with E-state index in [0.29, 0.717) is 0 Å². The number of fused-ring (bicyclic) bond motifs is 1. The Bertz CT molecular complexity index is 900. The molecule has 2 aromatic carbocycles. The predicted molar refractivity (Wildman–Crippen MR) is 96.4 cm³/mol. The predicted octanol–water partition coefficient (Wildman–Crippen LogP) is 2.84. The van der Waals surface area contributed by atoms with Gasteiger partial charge in [-0.15, -0.1) is 5.10 Å². The maximum atomic E-state index is 5.40. The standard InChI is InChI=1S/C18H19N5/c1-12(21-22-18(19)20)16-14-10-6-7-11-15(14)23(2)17(16)13-8-4-3-5-9-13/h3-11H,1-2H3,(H4,19,20,22)/b21-12-. The lowest BCUT2D eigenvalue weighted by Gasteiger charge is -2.07. The van der Waals surface area contributed by atoms with Crippen molar-refractivity contribution in [2.75, 3.05) is 0 Å². The molecule has 116 valence electrons. The number of benzene rings is 2. The van der Waals surface area contributed by atoms with Crippen molar-refractivity contribution in [3.63, 3.8) is 0 Å². The molecular formula is C18H19N5. The van der Waals surface area contributed by atoms with E-state index in [0.717, 1.165) is 33.4 Å². The molecule has 0 radical (unpaired) electrons. The largest absolute Gasteiger partial charge is 0.369 e. The molecule has 3 rings (SSSR count). The van der Waals surface area contributed by atoms with Crippen LogP contribution in [-0.4, -0.2) is 16.2 Å². The third kappa shape index (κ3) is 2.68. The quantitative estimate of drug-likeness (QED) is 0.443. The number of aromatic nitrogens is 1. The molecule has 0 aliphatic heterocycles. The van der Waals surface area contributed by atoms with Gasteiger partial charge in [-0.25, -0.2) is 0 Å². The molecule has 1 aromatic heterocycles. The van der Waals surface area contributed by atoms with Gasteiger partial charge in [-0.05, 0) is 18.6 Å². The SMILES string of the molecule is C/C(=N/N=C(N)N)c1c(-c2ccccc2)n(C)c2ccccc12. The molecule has 4 N–H and O–H groups in total. The lowest BCUT2D eigenvalue weighted by Crippen LogP contribution is -2.22. The highest BCUT2D eigenvalue weighted by Gasteiger charge is 2.18. The highest BCUT2D eigenvalue weighted by Crippen LogP contribution is 2.33. The van der Waals surface area contributed by atoms with E-state index in [9.17, 15) is 0 Å². The summed E-state index contributed by atoms with van der Waals surface area (Å²) >= 11 is 0. The van der Waals surface area contributed by atoms with Crippen LogP contribution in [0.3, 0.4) is 0 Å². The molecule has 0 spiro atoms. The summed E-state index contributed by atoms with van der Waals surface area (Å²) in [6.45, 7) is 1.92. The fraction of sp³-hybridized carbons (Fsp3) is 0.111. The van der Waals surface area contributed by atoms with Crippen LogP contribution >= 0.6 is 0 Å². The van der Waals surface area contributed by atoms with Gasteiger partial charge in [-0.1, -0.05) is 48.5 Å². The van der Waals surface area contributed by atoms with Gasteiger partial charge in [0.05, 0.1) is 11.4 Å². The lowest BCUT2D eigenvalue weighted by molar-refractivity contribution is 0.977. The van der Waals surface area contributed by atoms with E-state index < -0.39 is 0 Å². The van der Waals surface area contributed by atoms with Crippen molar-refractivity contribution in [3.8, 4) is 11.3 Å². The van der Waals surface area contributed by atoms with Gasteiger partial charge in [0.1, 0.15) is 0 Å². The highest BCUT2D eigenvalue weighted by atomic mass is 15.3. The smallest absolute Gasteiger partial charge is 0.211 e. The number of aryl methyl sites for hydroxylation is 1. The molecule has 1 heterocycles. The molecule has 0 fully saturated rings. The van der Waals surface area contributed by atoms with Crippen LogP contribution in [0.4, 0.5) is 0 Å². The first-order valence-corrected chi connectivity index (χ1v) is 7.36. The second-order valence-corrected chi connectivity index (χ2v) is 5.38. The summed E-state index contributed by atoms with van der Waals surface area (Å²) < 4.78 is 2.18. The molecule has 0 saturated heterocycles. The fourth-order valence-corrected chi connectivity index (χ4v) is 2.88. The molecule has 3 aromatic rings. The van der Waals surface area contributed by atoms with Gasteiger partial charge < -0.3 is 16.0 Å². The molecule has 0 unspecified atom stereocenters. The summed E-state index contributed by atoms with van der Waals surface area (Å²) in [5, 5.41) is 9.11. The van der Waals surface area contributed by atoms with Crippen LogP contribution in [0.1, 0.15) is 12.5 Å². The van der Waals surface area contributed by atoms with Crippen LogP contribution in [0.2, 0.25) is 0 Å². The first-order chi connectivity index (χ1) is 11.1. The van der Waals surface area contributed by atoms with Crippen LogP contribution in [-0.2, 0) is 7.05 Å². The van der Waals surface area contributed by atoms with Crippen molar-refractivity contribution < 1.29 is 0 Å². The molecule has 23 heavy (non-hydrogen) atoms. The Morgan fingerprint density at radius 3 is 2.26 bits per heavy atom. The number of guanidine groups is 1. The summed E-state index contributed by atoms with van der Waals surface area (Å²) in [6, 6.07) is 18.5. The van der Waals surface area contributed by atoms with Gasteiger partial charge >= 0.3 is 0 Å². The number of hydrogen-bond donors (Lipinski definition) is 2. The number of rotatable bonds is 3. The first kappa shape index (κ1) is 14.8. The second-order valence-electron chi connectivity index (χ2n) is 5.38. The van der Waals surface area contributed by atoms with Gasteiger partial charge in [-0.3, -0.25) is 0 Å². The van der Waals surface area contributed by atoms with Crippen molar-refractivity contribution in [1.82, 2.24) is 4.57 Å². The molecule has 0 bridgehead atoms. The monoisotopic (exact) mass is 305 g/mol. The average molecular weight is 305 g/mol. The zero-order chi connectivity index (χ0) is 16.4. The zero-order valence-corrected chi connectivity index (χ0v) is 13.2. The van der Waals surface area contributed by atoms with Crippen LogP contribution < -0.4 is 11.5 Å². The minimum Gasteiger partial charge on any atom is -0.369 e. The van der Waals surface area contributed by atoms with E-state index in [1.807, 2.05) is 37.3 Å². The topological polar surface area (TPSA) is 81.7 Å². The van der Waals surface area contributed by atoms with E-state index in [1.165, 1.54) is 0 Å². The Balaban J connectivity index is 2.35. The summed E-state index contributed by atoms with van der Waals surface area (Å²) in [6.07, 6.45) is 0. The third-order valence-electron chi connectivity index (χ3n) is 3.83. The molecule has 0 aliphatic carbocycles. The Morgan fingerprint density at radius 2 is 1.57 bits per heavy atom. The first-order valence-electron chi connectivity index (χ1n) is 7.36. The van der Waals surface area contributed by atoms with E-state index in [1.54, 1.807) is 0 Å². The number of nitrogens with zero attached hydrogens (tertiary/aromatic N) is 3. The van der Waals surface area contributed by atoms with Crippen molar-refractivity contribution in [2.24, 2.45) is 28.7 Å². The Morgan fingerprint density at radius 1 is 0.913 bits per heavy atom. The molecule has 5 heteroatoms. The molecule has 0 aliphatic rings. The summed E-state index contributed by atoms with van der Waals surface area (Å²) in [4.78, 5) is 0. The number of para-hydroxylation sites is 1.